The summed E-state index contributed by atoms with van der Waals surface area (Å²) in [7, 11) is 0. The van der Waals surface area contributed by atoms with Gasteiger partial charge in [-0.05, 0) is 28.8 Å². The Hall–Kier alpha value is -2.06. The molecule has 1 aromatic heterocycles. The molecule has 0 fully saturated rings. The number of aromatic nitrogens is 1. The molecule has 0 atom stereocenters. The number of hydrogen-bond donors (Lipinski definition) is 2. The summed E-state index contributed by atoms with van der Waals surface area (Å²) in [6.07, 6.45) is 2.09. The highest BCUT2D eigenvalue weighted by atomic mass is 14.7. The lowest BCUT2D eigenvalue weighted by Gasteiger charge is -2.22. The molecule has 0 aliphatic heterocycles. The number of nitrogens with one attached hydrogen (secondary N) is 1. The monoisotopic (exact) mass is 264 g/mol. The van der Waals surface area contributed by atoms with Crippen LogP contribution in [0.2, 0.25) is 0 Å². The van der Waals surface area contributed by atoms with Gasteiger partial charge in [-0.2, -0.15) is 0 Å². The lowest BCUT2D eigenvalue weighted by molar-refractivity contribution is 0.544. The Balaban J connectivity index is 2.18. The fraction of sp³-hybridized carbons (Fsp3) is 0.222. The van der Waals surface area contributed by atoms with Crippen LogP contribution in [0.25, 0.3) is 22.0 Å². The third kappa shape index (κ3) is 2.12. The van der Waals surface area contributed by atoms with Gasteiger partial charge in [0, 0.05) is 29.1 Å². The fourth-order valence-corrected chi connectivity index (χ4v) is 2.60. The maximum absolute atomic E-state index is 5.92. The number of rotatable bonds is 3. The van der Waals surface area contributed by atoms with Crippen LogP contribution >= 0.6 is 0 Å². The van der Waals surface area contributed by atoms with Crippen molar-refractivity contribution in [3.8, 4) is 11.1 Å². The third-order valence-corrected chi connectivity index (χ3v) is 4.03. The molecule has 0 bridgehead atoms. The minimum atomic E-state index is -0.0203. The van der Waals surface area contributed by atoms with E-state index in [-0.39, 0.29) is 5.41 Å². The standard InChI is InChI=1S/C18H20N2/c1-18(2,12-19)16-11-20-17-9-8-14(10-15(16)17)13-6-4-3-5-7-13/h3-11,20H,12,19H2,1-2H3. The molecule has 2 heteroatoms. The van der Waals surface area contributed by atoms with Crippen LogP contribution in [0.15, 0.2) is 54.7 Å². The first kappa shape index (κ1) is 12.9. The van der Waals surface area contributed by atoms with Gasteiger partial charge in [-0.3, -0.25) is 0 Å². The van der Waals surface area contributed by atoms with E-state index in [9.17, 15) is 0 Å². The Bertz CT molecular complexity index is 724. The van der Waals surface area contributed by atoms with Gasteiger partial charge >= 0.3 is 0 Å². The van der Waals surface area contributed by atoms with Crippen LogP contribution in [0.1, 0.15) is 19.4 Å². The van der Waals surface area contributed by atoms with Crippen molar-refractivity contribution in [1.29, 1.82) is 0 Å². The average Bonchev–Trinajstić information content (AvgIpc) is 2.92. The molecule has 0 unspecified atom stereocenters. The predicted octanol–water partition coefficient (Wildman–Crippen LogP) is 4.07. The van der Waals surface area contributed by atoms with E-state index in [1.165, 1.54) is 27.6 Å². The molecule has 0 amide bonds. The van der Waals surface area contributed by atoms with Gasteiger partial charge in [0.2, 0.25) is 0 Å². The fourth-order valence-electron chi connectivity index (χ4n) is 2.60. The highest BCUT2D eigenvalue weighted by Crippen LogP contribution is 2.32. The Labute approximate surface area is 119 Å². The summed E-state index contributed by atoms with van der Waals surface area (Å²) in [5, 5.41) is 1.27. The molecule has 2 nitrogen and oxygen atoms in total. The van der Waals surface area contributed by atoms with E-state index in [1.54, 1.807) is 0 Å². The smallest absolute Gasteiger partial charge is 0.0457 e. The van der Waals surface area contributed by atoms with Gasteiger partial charge in [0.1, 0.15) is 0 Å². The second-order valence-electron chi connectivity index (χ2n) is 5.92. The minimum absolute atomic E-state index is 0.0203. The highest BCUT2D eigenvalue weighted by molar-refractivity contribution is 5.88. The van der Waals surface area contributed by atoms with Crippen molar-refractivity contribution >= 4 is 10.9 Å². The molecule has 1 heterocycles. The number of aromatic amines is 1. The first-order valence-electron chi connectivity index (χ1n) is 6.99. The second kappa shape index (κ2) is 4.80. The molecule has 0 saturated heterocycles. The molecule has 20 heavy (non-hydrogen) atoms. The number of benzene rings is 2. The zero-order valence-corrected chi connectivity index (χ0v) is 12.0. The zero-order chi connectivity index (χ0) is 14.2. The van der Waals surface area contributed by atoms with Crippen LogP contribution in [0, 0.1) is 0 Å². The molecule has 0 spiro atoms. The van der Waals surface area contributed by atoms with Crippen molar-refractivity contribution < 1.29 is 0 Å². The topological polar surface area (TPSA) is 41.8 Å². The van der Waals surface area contributed by atoms with Crippen LogP contribution in [0.4, 0.5) is 0 Å². The van der Waals surface area contributed by atoms with Crippen LogP contribution in [0.5, 0.6) is 0 Å². The second-order valence-corrected chi connectivity index (χ2v) is 5.92. The van der Waals surface area contributed by atoms with Crippen molar-refractivity contribution in [3.63, 3.8) is 0 Å². The van der Waals surface area contributed by atoms with E-state index >= 15 is 0 Å². The zero-order valence-electron chi connectivity index (χ0n) is 12.0. The van der Waals surface area contributed by atoms with E-state index < -0.39 is 0 Å². The van der Waals surface area contributed by atoms with Gasteiger partial charge in [-0.15, -0.1) is 0 Å². The maximum Gasteiger partial charge on any atom is 0.0457 e. The molecule has 2 aromatic carbocycles. The largest absolute Gasteiger partial charge is 0.361 e. The Morgan fingerprint density at radius 1 is 1.00 bits per heavy atom. The minimum Gasteiger partial charge on any atom is -0.361 e. The van der Waals surface area contributed by atoms with E-state index in [4.69, 9.17) is 5.73 Å². The lowest BCUT2D eigenvalue weighted by Crippen LogP contribution is -2.27. The predicted molar refractivity (Wildman–Crippen MR) is 85.8 cm³/mol. The average molecular weight is 264 g/mol. The quantitative estimate of drug-likeness (QED) is 0.735. The van der Waals surface area contributed by atoms with E-state index in [1.807, 2.05) is 6.07 Å². The molecule has 0 aliphatic carbocycles. The Morgan fingerprint density at radius 3 is 2.45 bits per heavy atom. The van der Waals surface area contributed by atoms with Gasteiger partial charge in [0.15, 0.2) is 0 Å². The Kier molecular flexibility index (Phi) is 3.11. The summed E-state index contributed by atoms with van der Waals surface area (Å²) in [5.41, 5.74) is 10.8. The first-order chi connectivity index (χ1) is 9.62. The molecule has 3 N–H and O–H groups in total. The first-order valence-corrected chi connectivity index (χ1v) is 6.99. The van der Waals surface area contributed by atoms with Crippen molar-refractivity contribution in [3.05, 3.63) is 60.3 Å². The van der Waals surface area contributed by atoms with Gasteiger partial charge in [0.25, 0.3) is 0 Å². The summed E-state index contributed by atoms with van der Waals surface area (Å²) in [6, 6.07) is 17.0. The highest BCUT2D eigenvalue weighted by Gasteiger charge is 2.22. The van der Waals surface area contributed by atoms with Crippen LogP contribution < -0.4 is 5.73 Å². The molecule has 0 saturated carbocycles. The summed E-state index contributed by atoms with van der Waals surface area (Å²) in [4.78, 5) is 3.35. The van der Waals surface area contributed by atoms with E-state index in [0.29, 0.717) is 6.54 Å². The summed E-state index contributed by atoms with van der Waals surface area (Å²) in [5.74, 6) is 0. The molecule has 0 radical (unpaired) electrons. The van der Waals surface area contributed by atoms with Crippen LogP contribution in [-0.2, 0) is 5.41 Å². The summed E-state index contributed by atoms with van der Waals surface area (Å²) < 4.78 is 0. The SMILES string of the molecule is CC(C)(CN)c1c[nH]c2ccc(-c3ccccc3)cc12. The number of nitrogens with two attached hydrogens (primary N) is 1. The number of H-pyrrole nitrogens is 1. The van der Waals surface area contributed by atoms with Crippen LogP contribution in [0.3, 0.4) is 0 Å². The normalized spacial score (nSPS) is 11.9. The van der Waals surface area contributed by atoms with Crippen molar-refractivity contribution in [2.24, 2.45) is 5.73 Å². The summed E-state index contributed by atoms with van der Waals surface area (Å²) >= 11 is 0. The van der Waals surface area contributed by atoms with Crippen molar-refractivity contribution in [2.75, 3.05) is 6.54 Å². The third-order valence-electron chi connectivity index (χ3n) is 4.03. The summed E-state index contributed by atoms with van der Waals surface area (Å²) in [6.45, 7) is 5.01. The molecule has 102 valence electrons. The van der Waals surface area contributed by atoms with E-state index in [2.05, 4.69) is 67.5 Å². The molecule has 3 aromatic rings. The number of hydrogen-bond acceptors (Lipinski definition) is 1. The maximum atomic E-state index is 5.92. The van der Waals surface area contributed by atoms with Gasteiger partial charge in [-0.25, -0.2) is 0 Å². The molecule has 3 rings (SSSR count). The van der Waals surface area contributed by atoms with Gasteiger partial charge < -0.3 is 10.7 Å². The van der Waals surface area contributed by atoms with Crippen molar-refractivity contribution in [2.45, 2.75) is 19.3 Å². The van der Waals surface area contributed by atoms with Gasteiger partial charge in [0.05, 0.1) is 0 Å². The van der Waals surface area contributed by atoms with E-state index in [0.717, 1.165) is 0 Å². The molecular weight excluding hydrogens is 244 g/mol. The molecular formula is C18H20N2. The van der Waals surface area contributed by atoms with Crippen LogP contribution in [-0.4, -0.2) is 11.5 Å². The lowest BCUT2D eigenvalue weighted by atomic mass is 9.84. The Morgan fingerprint density at radius 2 is 1.75 bits per heavy atom. The van der Waals surface area contributed by atoms with Crippen molar-refractivity contribution in [1.82, 2.24) is 4.98 Å². The van der Waals surface area contributed by atoms with Gasteiger partial charge in [-0.1, -0.05) is 50.2 Å². The number of fused-ring (bicyclic) bond motifs is 1. The molecule has 0 aliphatic rings.